The summed E-state index contributed by atoms with van der Waals surface area (Å²) in [5.41, 5.74) is 4.51. The first-order valence-electron chi connectivity index (χ1n) is 7.37. The maximum Gasteiger partial charge on any atom is 0.255 e. The van der Waals surface area contributed by atoms with Gasteiger partial charge in [-0.2, -0.15) is 0 Å². The van der Waals surface area contributed by atoms with Gasteiger partial charge in [0.1, 0.15) is 0 Å². The molecule has 0 saturated heterocycles. The smallest absolute Gasteiger partial charge is 0.255 e. The van der Waals surface area contributed by atoms with Crippen LogP contribution in [0.4, 0.5) is 5.69 Å². The molecule has 0 aliphatic rings. The fourth-order valence-electron chi connectivity index (χ4n) is 2.43. The fraction of sp³-hybridized carbons (Fsp3) is 0.222. The van der Waals surface area contributed by atoms with Crippen LogP contribution in [-0.4, -0.2) is 15.5 Å². The third-order valence-corrected chi connectivity index (χ3v) is 3.82. The Morgan fingerprint density at radius 2 is 1.86 bits per heavy atom. The van der Waals surface area contributed by atoms with Gasteiger partial charge >= 0.3 is 0 Å². The van der Waals surface area contributed by atoms with Gasteiger partial charge in [0.15, 0.2) is 0 Å². The predicted octanol–water partition coefficient (Wildman–Crippen LogP) is 3.95. The van der Waals surface area contributed by atoms with Crippen LogP contribution in [-0.2, 0) is 7.05 Å². The fourth-order valence-corrected chi connectivity index (χ4v) is 2.43. The number of nitrogens with zero attached hydrogens (tertiary/aromatic N) is 2. The third kappa shape index (κ3) is 2.72. The van der Waals surface area contributed by atoms with E-state index in [1.807, 2.05) is 54.1 Å². The molecule has 3 rings (SSSR count). The van der Waals surface area contributed by atoms with Crippen molar-refractivity contribution in [3.63, 3.8) is 0 Å². The van der Waals surface area contributed by atoms with Crippen LogP contribution in [0.3, 0.4) is 0 Å². The van der Waals surface area contributed by atoms with E-state index >= 15 is 0 Å². The molecule has 0 fully saturated rings. The highest BCUT2D eigenvalue weighted by molar-refractivity contribution is 6.05. The molecule has 0 bridgehead atoms. The summed E-state index contributed by atoms with van der Waals surface area (Å²) in [7, 11) is 1.94. The zero-order valence-electron chi connectivity index (χ0n) is 13.0. The molecule has 1 heterocycles. The van der Waals surface area contributed by atoms with Crippen LogP contribution >= 0.6 is 0 Å². The average molecular weight is 293 g/mol. The third-order valence-electron chi connectivity index (χ3n) is 3.82. The Morgan fingerprint density at radius 3 is 2.55 bits per heavy atom. The van der Waals surface area contributed by atoms with E-state index in [2.05, 4.69) is 24.1 Å². The quantitative estimate of drug-likeness (QED) is 0.795. The maximum absolute atomic E-state index is 12.3. The number of carbonyl (C=O) groups is 1. The summed E-state index contributed by atoms with van der Waals surface area (Å²) in [6.07, 6.45) is 1.75. The number of carbonyl (C=O) groups excluding carboxylic acids is 1. The van der Waals surface area contributed by atoms with Crippen molar-refractivity contribution in [2.24, 2.45) is 7.05 Å². The zero-order chi connectivity index (χ0) is 15.7. The zero-order valence-corrected chi connectivity index (χ0v) is 13.0. The van der Waals surface area contributed by atoms with Crippen molar-refractivity contribution in [2.75, 3.05) is 5.32 Å². The van der Waals surface area contributed by atoms with Gasteiger partial charge in [0, 0.05) is 18.3 Å². The Kier molecular flexibility index (Phi) is 3.67. The lowest BCUT2D eigenvalue weighted by molar-refractivity contribution is 0.102. The summed E-state index contributed by atoms with van der Waals surface area (Å²) in [5, 5.41) is 2.92. The van der Waals surface area contributed by atoms with Crippen molar-refractivity contribution in [2.45, 2.75) is 19.8 Å². The van der Waals surface area contributed by atoms with Gasteiger partial charge in [-0.05, 0) is 41.8 Å². The molecule has 1 aromatic heterocycles. The summed E-state index contributed by atoms with van der Waals surface area (Å²) in [6, 6.07) is 13.5. The van der Waals surface area contributed by atoms with Gasteiger partial charge in [0.05, 0.1) is 17.4 Å². The summed E-state index contributed by atoms with van der Waals surface area (Å²) < 4.78 is 1.93. The van der Waals surface area contributed by atoms with Crippen molar-refractivity contribution in [3.8, 4) is 0 Å². The summed E-state index contributed by atoms with van der Waals surface area (Å²) >= 11 is 0. The van der Waals surface area contributed by atoms with Crippen molar-refractivity contribution in [1.29, 1.82) is 0 Å². The van der Waals surface area contributed by atoms with Gasteiger partial charge in [0.2, 0.25) is 0 Å². The molecule has 0 atom stereocenters. The molecule has 0 spiro atoms. The largest absolute Gasteiger partial charge is 0.334 e. The number of amides is 1. The van der Waals surface area contributed by atoms with Gasteiger partial charge in [-0.15, -0.1) is 0 Å². The predicted molar refractivity (Wildman–Crippen MR) is 89.2 cm³/mol. The highest BCUT2D eigenvalue weighted by Gasteiger charge is 2.09. The van der Waals surface area contributed by atoms with Crippen LogP contribution < -0.4 is 5.32 Å². The SMILES string of the molecule is CC(C)c1ccc(NC(=O)c2ccc3c(c2)ncn3C)cc1. The van der Waals surface area contributed by atoms with Gasteiger partial charge in [-0.25, -0.2) is 4.98 Å². The van der Waals surface area contributed by atoms with E-state index in [4.69, 9.17) is 0 Å². The van der Waals surface area contributed by atoms with Gasteiger partial charge in [-0.3, -0.25) is 4.79 Å². The van der Waals surface area contributed by atoms with E-state index < -0.39 is 0 Å². The number of nitrogens with one attached hydrogen (secondary N) is 1. The summed E-state index contributed by atoms with van der Waals surface area (Å²) in [5.74, 6) is 0.362. The van der Waals surface area contributed by atoms with Crippen molar-refractivity contribution in [3.05, 3.63) is 59.9 Å². The number of aromatic nitrogens is 2. The van der Waals surface area contributed by atoms with Crippen LogP contribution in [0.25, 0.3) is 11.0 Å². The van der Waals surface area contributed by atoms with E-state index in [1.54, 1.807) is 6.33 Å². The molecule has 0 radical (unpaired) electrons. The number of anilines is 1. The standard InChI is InChI=1S/C18H19N3O/c1-12(2)13-4-7-15(8-5-13)20-18(22)14-6-9-17-16(10-14)19-11-21(17)3/h4-12H,1-3H3,(H,20,22). The van der Waals surface area contributed by atoms with Gasteiger partial charge in [-0.1, -0.05) is 26.0 Å². The Morgan fingerprint density at radius 1 is 1.14 bits per heavy atom. The van der Waals surface area contributed by atoms with E-state index in [-0.39, 0.29) is 5.91 Å². The molecular formula is C18H19N3O. The highest BCUT2D eigenvalue weighted by Crippen LogP contribution is 2.19. The molecular weight excluding hydrogens is 274 g/mol. The lowest BCUT2D eigenvalue weighted by Gasteiger charge is -2.08. The Bertz CT molecular complexity index is 816. The molecule has 22 heavy (non-hydrogen) atoms. The molecule has 0 aliphatic heterocycles. The lowest BCUT2D eigenvalue weighted by Crippen LogP contribution is -2.11. The molecule has 1 amide bonds. The number of rotatable bonds is 3. The topological polar surface area (TPSA) is 46.9 Å². The number of aryl methyl sites for hydroxylation is 1. The molecule has 1 N–H and O–H groups in total. The van der Waals surface area contributed by atoms with Crippen molar-refractivity contribution in [1.82, 2.24) is 9.55 Å². The molecule has 2 aromatic carbocycles. The minimum absolute atomic E-state index is 0.121. The lowest BCUT2D eigenvalue weighted by atomic mass is 10.0. The summed E-state index contributed by atoms with van der Waals surface area (Å²) in [4.78, 5) is 16.6. The first-order chi connectivity index (χ1) is 10.5. The Labute approximate surface area is 129 Å². The van der Waals surface area contributed by atoms with Crippen LogP contribution in [0, 0.1) is 0 Å². The van der Waals surface area contributed by atoms with Crippen LogP contribution in [0.1, 0.15) is 35.7 Å². The number of imidazole rings is 1. The van der Waals surface area contributed by atoms with Gasteiger partial charge in [0.25, 0.3) is 5.91 Å². The summed E-state index contributed by atoms with van der Waals surface area (Å²) in [6.45, 7) is 4.30. The second kappa shape index (κ2) is 5.64. The Balaban J connectivity index is 1.80. The monoisotopic (exact) mass is 293 g/mol. The van der Waals surface area contributed by atoms with E-state index in [1.165, 1.54) is 5.56 Å². The van der Waals surface area contributed by atoms with E-state index in [9.17, 15) is 4.79 Å². The first kappa shape index (κ1) is 14.3. The van der Waals surface area contributed by atoms with Crippen LogP contribution in [0.2, 0.25) is 0 Å². The number of benzene rings is 2. The van der Waals surface area contributed by atoms with Gasteiger partial charge < -0.3 is 9.88 Å². The minimum atomic E-state index is -0.121. The molecule has 3 aromatic rings. The molecule has 0 saturated carbocycles. The van der Waals surface area contributed by atoms with Crippen LogP contribution in [0.15, 0.2) is 48.8 Å². The molecule has 112 valence electrons. The number of fused-ring (bicyclic) bond motifs is 1. The number of hydrogen-bond acceptors (Lipinski definition) is 2. The number of hydrogen-bond donors (Lipinski definition) is 1. The molecule has 0 unspecified atom stereocenters. The molecule has 4 nitrogen and oxygen atoms in total. The van der Waals surface area contributed by atoms with Crippen molar-refractivity contribution < 1.29 is 4.79 Å². The highest BCUT2D eigenvalue weighted by atomic mass is 16.1. The molecule has 4 heteroatoms. The minimum Gasteiger partial charge on any atom is -0.334 e. The van der Waals surface area contributed by atoms with Crippen molar-refractivity contribution >= 4 is 22.6 Å². The second-order valence-corrected chi connectivity index (χ2v) is 5.79. The average Bonchev–Trinajstić information content (AvgIpc) is 2.88. The van der Waals surface area contributed by atoms with Crippen LogP contribution in [0.5, 0.6) is 0 Å². The Hall–Kier alpha value is -2.62. The first-order valence-corrected chi connectivity index (χ1v) is 7.37. The molecule has 0 aliphatic carbocycles. The maximum atomic E-state index is 12.3. The normalized spacial score (nSPS) is 11.1. The second-order valence-electron chi connectivity index (χ2n) is 5.79. The van der Waals surface area contributed by atoms with E-state index in [0.29, 0.717) is 11.5 Å². The van der Waals surface area contributed by atoms with E-state index in [0.717, 1.165) is 16.7 Å².